The van der Waals surface area contributed by atoms with Crippen molar-refractivity contribution in [2.45, 2.75) is 25.6 Å². The Morgan fingerprint density at radius 1 is 1.08 bits per heavy atom. The van der Waals surface area contributed by atoms with Gasteiger partial charge in [-0.1, -0.05) is 23.7 Å². The van der Waals surface area contributed by atoms with Crippen molar-refractivity contribution < 1.29 is 9.47 Å². The number of fused-ring (bicyclic) bond motifs is 5. The number of benzene rings is 2. The number of nitrogens with one attached hydrogen (secondary N) is 1. The number of hydrogen-bond donors (Lipinski definition) is 1. The molecule has 3 aliphatic rings. The molecule has 0 radical (unpaired) electrons. The zero-order valence-corrected chi connectivity index (χ0v) is 20.7. The van der Waals surface area contributed by atoms with E-state index in [0.717, 1.165) is 69.2 Å². The molecule has 36 heavy (non-hydrogen) atoms. The first-order valence-corrected chi connectivity index (χ1v) is 13.3. The van der Waals surface area contributed by atoms with Gasteiger partial charge in [-0.2, -0.15) is 0 Å². The Kier molecular flexibility index (Phi) is 5.42. The molecule has 9 nitrogen and oxygen atoms in total. The highest BCUT2D eigenvalue weighted by Crippen LogP contribution is 2.33. The number of nitrogens with zero attached hydrogens (tertiary/aromatic N) is 4. The molecule has 0 aliphatic carbocycles. The van der Waals surface area contributed by atoms with Crippen molar-refractivity contribution in [3.63, 3.8) is 0 Å². The lowest BCUT2D eigenvalue weighted by Gasteiger charge is -2.27. The molecule has 3 aliphatic heterocycles. The lowest BCUT2D eigenvalue weighted by molar-refractivity contribution is 0.0341. The Labute approximate surface area is 211 Å². The van der Waals surface area contributed by atoms with E-state index in [1.807, 2.05) is 24.3 Å². The molecule has 7 rings (SSSR count). The molecular weight excluding hydrogens is 478 g/mol. The summed E-state index contributed by atoms with van der Waals surface area (Å²) in [4.78, 5) is 39.1. The molecule has 2 saturated heterocycles. The number of rotatable bonds is 2. The molecule has 0 spiro atoms. The van der Waals surface area contributed by atoms with E-state index >= 15 is 0 Å². The van der Waals surface area contributed by atoms with E-state index in [1.54, 1.807) is 3.96 Å². The van der Waals surface area contributed by atoms with Gasteiger partial charge in [0, 0.05) is 51.4 Å². The Bertz CT molecular complexity index is 1590. The second kappa shape index (κ2) is 8.81. The maximum atomic E-state index is 13.3. The number of morpholine rings is 1. The minimum absolute atomic E-state index is 0.00983. The summed E-state index contributed by atoms with van der Waals surface area (Å²) >= 11 is 1.42. The fourth-order valence-corrected chi connectivity index (χ4v) is 6.62. The molecule has 0 saturated carbocycles. The number of hydrogen-bond acceptors (Lipinski definition) is 8. The van der Waals surface area contributed by atoms with Crippen LogP contribution in [0.3, 0.4) is 0 Å². The van der Waals surface area contributed by atoms with Crippen LogP contribution in [0.25, 0.3) is 32.4 Å². The minimum Gasteiger partial charge on any atom is -0.487 e. The van der Waals surface area contributed by atoms with Crippen molar-refractivity contribution in [3.8, 4) is 17.0 Å². The standard InChI is InChI=1S/C26H27N5O4S/c32-25-22-18-2-1-3-19-24(18)36-31(26(19)33)7-6-29-5-4-17(15-29)35-21-13-16(12-20(27-25)23(21)28-22)14-30-8-10-34-11-9-30/h1-3,12-13,17H,4-11,14-15H2,(H,27,32)/t17-/m0/s1. The lowest BCUT2D eigenvalue weighted by Crippen LogP contribution is -2.35. The third-order valence-corrected chi connectivity index (χ3v) is 8.59. The van der Waals surface area contributed by atoms with Crippen LogP contribution < -0.4 is 15.9 Å². The first-order chi connectivity index (χ1) is 17.6. The topological polar surface area (TPSA) is 92.7 Å². The smallest absolute Gasteiger partial charge is 0.275 e. The number of H-pyrrole nitrogens is 1. The van der Waals surface area contributed by atoms with Gasteiger partial charge >= 0.3 is 0 Å². The zero-order valence-electron chi connectivity index (χ0n) is 19.9. The predicted molar refractivity (Wildman–Crippen MR) is 139 cm³/mol. The molecule has 5 heterocycles. The predicted octanol–water partition coefficient (Wildman–Crippen LogP) is 2.27. The largest absolute Gasteiger partial charge is 0.487 e. The summed E-state index contributed by atoms with van der Waals surface area (Å²) in [6, 6.07) is 9.62. The Morgan fingerprint density at radius 3 is 2.86 bits per heavy atom. The molecule has 4 aromatic rings. The average molecular weight is 506 g/mol. The van der Waals surface area contributed by atoms with Crippen LogP contribution in [-0.4, -0.2) is 75.8 Å². The molecule has 1 N–H and O–H groups in total. The molecule has 186 valence electrons. The van der Waals surface area contributed by atoms with E-state index in [-0.39, 0.29) is 17.2 Å². The molecule has 2 atom stereocenters. The SMILES string of the molecule is O=c1[nH]c2cc(CN3CCOCC3)cc3c2nc1-c1cccc2c(=O)n(sc12)CCN1CC[C@@H](C1)O3. The molecule has 0 amide bonds. The van der Waals surface area contributed by atoms with E-state index in [0.29, 0.717) is 40.0 Å². The number of ether oxygens (including phenoxy) is 2. The van der Waals surface area contributed by atoms with Crippen LogP contribution in [0.5, 0.6) is 5.75 Å². The quantitative estimate of drug-likeness (QED) is 0.447. The second-order valence-electron chi connectivity index (χ2n) is 9.80. The van der Waals surface area contributed by atoms with Crippen LogP contribution in [0.15, 0.2) is 39.9 Å². The van der Waals surface area contributed by atoms with E-state index in [1.165, 1.54) is 11.5 Å². The average Bonchev–Trinajstić information content (AvgIpc) is 3.46. The van der Waals surface area contributed by atoms with Crippen LogP contribution in [0, 0.1) is 0 Å². The van der Waals surface area contributed by atoms with Gasteiger partial charge in [-0.15, -0.1) is 0 Å². The summed E-state index contributed by atoms with van der Waals surface area (Å²) in [6.45, 7) is 7.12. The van der Waals surface area contributed by atoms with Crippen molar-refractivity contribution in [1.82, 2.24) is 23.7 Å². The summed E-state index contributed by atoms with van der Waals surface area (Å²) in [5.41, 5.74) is 3.12. The van der Waals surface area contributed by atoms with Gasteiger partial charge in [0.15, 0.2) is 0 Å². The van der Waals surface area contributed by atoms with E-state index in [2.05, 4.69) is 20.9 Å². The van der Waals surface area contributed by atoms with Crippen molar-refractivity contribution in [2.24, 2.45) is 0 Å². The first-order valence-electron chi connectivity index (χ1n) is 12.5. The molecule has 6 bridgehead atoms. The third-order valence-electron chi connectivity index (χ3n) is 7.40. The molecule has 10 heteroatoms. The Balaban J connectivity index is 1.42. The van der Waals surface area contributed by atoms with Crippen molar-refractivity contribution >= 4 is 32.7 Å². The van der Waals surface area contributed by atoms with E-state index in [4.69, 9.17) is 14.5 Å². The fourth-order valence-electron chi connectivity index (χ4n) is 5.53. The zero-order chi connectivity index (χ0) is 24.2. The highest BCUT2D eigenvalue weighted by Gasteiger charge is 2.27. The summed E-state index contributed by atoms with van der Waals surface area (Å²) in [5.74, 6) is 0.704. The monoisotopic (exact) mass is 505 g/mol. The molecule has 2 aromatic heterocycles. The van der Waals surface area contributed by atoms with Crippen molar-refractivity contribution in [1.29, 1.82) is 0 Å². The summed E-state index contributed by atoms with van der Waals surface area (Å²) < 4.78 is 14.7. The summed E-state index contributed by atoms with van der Waals surface area (Å²) in [7, 11) is 0. The highest BCUT2D eigenvalue weighted by atomic mass is 32.1. The van der Waals surface area contributed by atoms with Gasteiger partial charge in [0.2, 0.25) is 0 Å². The van der Waals surface area contributed by atoms with Gasteiger partial charge in [-0.05, 0) is 30.2 Å². The maximum absolute atomic E-state index is 13.3. The highest BCUT2D eigenvalue weighted by molar-refractivity contribution is 7.14. The first kappa shape index (κ1) is 22.2. The third kappa shape index (κ3) is 3.85. The van der Waals surface area contributed by atoms with Crippen LogP contribution in [0.4, 0.5) is 0 Å². The van der Waals surface area contributed by atoms with Gasteiger partial charge < -0.3 is 14.5 Å². The molecular formula is C26H27N5O4S. The van der Waals surface area contributed by atoms with Gasteiger partial charge in [-0.25, -0.2) is 4.98 Å². The van der Waals surface area contributed by atoms with Crippen LogP contribution in [0.2, 0.25) is 0 Å². The lowest BCUT2D eigenvalue weighted by atomic mass is 10.1. The van der Waals surface area contributed by atoms with Gasteiger partial charge in [0.05, 0.1) is 28.8 Å². The van der Waals surface area contributed by atoms with Gasteiger partial charge in [0.1, 0.15) is 23.1 Å². The fraction of sp³-hybridized carbons (Fsp3) is 0.423. The van der Waals surface area contributed by atoms with Crippen molar-refractivity contribution in [2.75, 3.05) is 45.9 Å². The summed E-state index contributed by atoms with van der Waals surface area (Å²) in [5, 5.41) is 0.630. The van der Waals surface area contributed by atoms with Gasteiger partial charge in [-0.3, -0.25) is 23.3 Å². The maximum Gasteiger partial charge on any atom is 0.275 e. The number of aromatic nitrogens is 3. The normalized spacial score (nSPS) is 22.3. The Morgan fingerprint density at radius 2 is 1.97 bits per heavy atom. The van der Waals surface area contributed by atoms with Crippen LogP contribution in [0.1, 0.15) is 12.0 Å². The molecule has 2 fully saturated rings. The van der Waals surface area contributed by atoms with Crippen LogP contribution in [-0.2, 0) is 17.8 Å². The van der Waals surface area contributed by atoms with E-state index < -0.39 is 0 Å². The minimum atomic E-state index is -0.268. The van der Waals surface area contributed by atoms with Gasteiger partial charge in [0.25, 0.3) is 11.1 Å². The Hall–Kier alpha value is -3.05. The van der Waals surface area contributed by atoms with Crippen molar-refractivity contribution in [3.05, 3.63) is 56.6 Å². The van der Waals surface area contributed by atoms with Crippen LogP contribution >= 0.6 is 11.5 Å². The second-order valence-corrected chi connectivity index (χ2v) is 10.8. The molecule has 2 aromatic carbocycles. The number of aromatic amines is 1. The molecule has 1 unspecified atom stereocenters. The summed E-state index contributed by atoms with van der Waals surface area (Å²) in [6.07, 6.45) is 0.945. The van der Waals surface area contributed by atoms with E-state index in [9.17, 15) is 9.59 Å².